The maximum atomic E-state index is 10.7. The van der Waals surface area contributed by atoms with E-state index in [1.54, 1.807) is 11.4 Å². The topological polar surface area (TPSA) is 101 Å². The van der Waals surface area contributed by atoms with Crippen LogP contribution in [0, 0.1) is 10.1 Å². The quantitative estimate of drug-likeness (QED) is 0.375. The summed E-state index contributed by atoms with van der Waals surface area (Å²) in [6.45, 7) is 0.292. The summed E-state index contributed by atoms with van der Waals surface area (Å²) in [5.41, 5.74) is 0.840. The minimum Gasteiger partial charge on any atom is -0.485 e. The Labute approximate surface area is 149 Å². The molecule has 0 unspecified atom stereocenters. The lowest BCUT2D eigenvalue weighted by atomic mass is 10.2. The summed E-state index contributed by atoms with van der Waals surface area (Å²) in [6, 6.07) is 8.93. The van der Waals surface area contributed by atoms with Crippen molar-refractivity contribution in [3.63, 3.8) is 0 Å². The molecular formula is C15H11N3O5S2. The Morgan fingerprint density at radius 1 is 1.32 bits per heavy atom. The zero-order valence-corrected chi connectivity index (χ0v) is 14.3. The Morgan fingerprint density at radius 2 is 2.16 bits per heavy atom. The molecule has 3 aromatic rings. The molecule has 8 nitrogen and oxygen atoms in total. The molecular weight excluding hydrogens is 366 g/mol. The number of fused-ring (bicyclic) bond motifs is 1. The lowest BCUT2D eigenvalue weighted by Crippen LogP contribution is -2.21. The van der Waals surface area contributed by atoms with E-state index in [1.807, 2.05) is 24.3 Å². The van der Waals surface area contributed by atoms with Gasteiger partial charge in [0.2, 0.25) is 6.10 Å². The lowest BCUT2D eigenvalue weighted by Gasteiger charge is -2.23. The van der Waals surface area contributed by atoms with Crippen molar-refractivity contribution in [3.8, 4) is 11.5 Å². The highest BCUT2D eigenvalue weighted by Crippen LogP contribution is 2.36. The van der Waals surface area contributed by atoms with Crippen molar-refractivity contribution in [1.82, 2.24) is 10.2 Å². The van der Waals surface area contributed by atoms with Gasteiger partial charge in [-0.05, 0) is 17.7 Å². The van der Waals surface area contributed by atoms with Crippen LogP contribution < -0.4 is 9.47 Å². The van der Waals surface area contributed by atoms with Crippen molar-refractivity contribution in [2.75, 3.05) is 6.61 Å². The molecule has 0 radical (unpaired) electrons. The number of thiophene rings is 1. The minimum absolute atomic E-state index is 0.119. The summed E-state index contributed by atoms with van der Waals surface area (Å²) < 4.78 is 17.1. The van der Waals surface area contributed by atoms with Gasteiger partial charge in [0.05, 0.1) is 4.92 Å². The van der Waals surface area contributed by atoms with Crippen LogP contribution in [0.2, 0.25) is 0 Å². The van der Waals surface area contributed by atoms with Crippen molar-refractivity contribution in [2.24, 2.45) is 0 Å². The maximum absolute atomic E-state index is 10.7. The molecule has 1 aromatic carbocycles. The van der Waals surface area contributed by atoms with Crippen LogP contribution in [0.1, 0.15) is 17.6 Å². The number of ether oxygens (including phenoxy) is 2. The Balaban J connectivity index is 1.40. The third kappa shape index (κ3) is 3.44. The van der Waals surface area contributed by atoms with Crippen LogP contribution in [0.3, 0.4) is 0 Å². The van der Waals surface area contributed by atoms with E-state index in [4.69, 9.17) is 13.9 Å². The second-order valence-corrected chi connectivity index (χ2v) is 6.93. The molecule has 0 N–H and O–H groups in total. The summed E-state index contributed by atoms with van der Waals surface area (Å²) in [4.78, 5) is 10.3. The van der Waals surface area contributed by atoms with Gasteiger partial charge < -0.3 is 13.9 Å². The van der Waals surface area contributed by atoms with E-state index >= 15 is 0 Å². The monoisotopic (exact) mass is 377 g/mol. The van der Waals surface area contributed by atoms with Crippen LogP contribution >= 0.6 is 23.1 Å². The van der Waals surface area contributed by atoms with Gasteiger partial charge in [0.15, 0.2) is 11.5 Å². The second-order valence-electron chi connectivity index (χ2n) is 5.11. The summed E-state index contributed by atoms with van der Waals surface area (Å²) in [7, 11) is 0. The molecule has 0 fully saturated rings. The number of benzene rings is 1. The molecule has 3 heterocycles. The predicted octanol–water partition coefficient (Wildman–Crippen LogP) is 3.84. The molecule has 2 aromatic heterocycles. The first kappa shape index (κ1) is 15.9. The van der Waals surface area contributed by atoms with Gasteiger partial charge in [-0.25, -0.2) is 0 Å². The number of para-hydroxylation sites is 2. The highest BCUT2D eigenvalue weighted by Gasteiger charge is 2.27. The predicted molar refractivity (Wildman–Crippen MR) is 90.1 cm³/mol. The molecule has 128 valence electrons. The van der Waals surface area contributed by atoms with Gasteiger partial charge in [0.1, 0.15) is 6.61 Å². The Kier molecular flexibility index (Phi) is 4.28. The normalized spacial score (nSPS) is 15.9. The number of hydrogen-bond acceptors (Lipinski definition) is 9. The standard InChI is InChI=1S/C15H11N3O5S2/c19-18(20)13-5-9(7-24-13)8-25-15-17-16-14(23-15)12-6-21-10-3-1-2-4-11(10)22-12/h1-5,7,12H,6,8H2/t12-/m1/s1. The van der Waals surface area contributed by atoms with Crippen molar-refractivity contribution >= 4 is 28.1 Å². The van der Waals surface area contributed by atoms with Gasteiger partial charge in [-0.2, -0.15) is 0 Å². The first-order chi connectivity index (χ1) is 12.2. The molecule has 0 spiro atoms. The molecule has 1 aliphatic heterocycles. The molecule has 4 rings (SSSR count). The highest BCUT2D eigenvalue weighted by atomic mass is 32.2. The van der Waals surface area contributed by atoms with Crippen LogP contribution in [0.25, 0.3) is 0 Å². The largest absolute Gasteiger partial charge is 0.485 e. The fourth-order valence-electron chi connectivity index (χ4n) is 2.23. The number of rotatable bonds is 5. The van der Waals surface area contributed by atoms with E-state index in [9.17, 15) is 10.1 Å². The summed E-state index contributed by atoms with van der Waals surface area (Å²) in [5, 5.41) is 20.9. The van der Waals surface area contributed by atoms with Gasteiger partial charge in [0.25, 0.3) is 11.1 Å². The smallest absolute Gasteiger partial charge is 0.324 e. The minimum atomic E-state index is -0.459. The van der Waals surface area contributed by atoms with E-state index in [1.165, 1.54) is 11.8 Å². The molecule has 0 bridgehead atoms. The number of nitrogens with zero attached hydrogens (tertiary/aromatic N) is 3. The third-order valence-corrected chi connectivity index (χ3v) is 5.21. The molecule has 1 aliphatic rings. The molecule has 0 amide bonds. The summed E-state index contributed by atoms with van der Waals surface area (Å²) in [5.74, 6) is 2.17. The number of hydrogen-bond donors (Lipinski definition) is 0. The number of nitro groups is 1. The van der Waals surface area contributed by atoms with Gasteiger partial charge in [-0.1, -0.05) is 35.2 Å². The van der Waals surface area contributed by atoms with E-state index in [0.29, 0.717) is 35.0 Å². The first-order valence-electron chi connectivity index (χ1n) is 7.25. The van der Waals surface area contributed by atoms with Gasteiger partial charge in [-0.3, -0.25) is 10.1 Å². The number of aromatic nitrogens is 2. The molecule has 0 saturated carbocycles. The molecule has 10 heteroatoms. The zero-order chi connectivity index (χ0) is 17.2. The lowest BCUT2D eigenvalue weighted by molar-refractivity contribution is -0.380. The Hall–Kier alpha value is -2.59. The Bertz CT molecular complexity index is 910. The first-order valence-corrected chi connectivity index (χ1v) is 9.12. The van der Waals surface area contributed by atoms with Crippen LogP contribution in [-0.2, 0) is 5.75 Å². The maximum Gasteiger partial charge on any atom is 0.324 e. The third-order valence-electron chi connectivity index (χ3n) is 3.39. The zero-order valence-electron chi connectivity index (χ0n) is 12.7. The number of thioether (sulfide) groups is 1. The fraction of sp³-hybridized carbons (Fsp3) is 0.200. The van der Waals surface area contributed by atoms with Gasteiger partial charge in [-0.15, -0.1) is 10.2 Å². The summed E-state index contributed by atoms with van der Waals surface area (Å²) in [6.07, 6.45) is -0.459. The Morgan fingerprint density at radius 3 is 2.96 bits per heavy atom. The second kappa shape index (κ2) is 6.73. The molecule has 0 aliphatic carbocycles. The van der Waals surface area contributed by atoms with Crippen LogP contribution in [0.5, 0.6) is 11.5 Å². The fourth-order valence-corrected chi connectivity index (χ4v) is 3.76. The van der Waals surface area contributed by atoms with Crippen molar-refractivity contribution in [3.05, 3.63) is 57.3 Å². The molecule has 0 saturated heterocycles. The van der Waals surface area contributed by atoms with Gasteiger partial charge >= 0.3 is 5.00 Å². The van der Waals surface area contributed by atoms with Crippen LogP contribution in [0.4, 0.5) is 5.00 Å². The molecule has 1 atom stereocenters. The van der Waals surface area contributed by atoms with E-state index in [2.05, 4.69) is 10.2 Å². The van der Waals surface area contributed by atoms with Crippen molar-refractivity contribution in [2.45, 2.75) is 17.1 Å². The van der Waals surface area contributed by atoms with Crippen LogP contribution in [-0.4, -0.2) is 21.7 Å². The van der Waals surface area contributed by atoms with E-state index < -0.39 is 11.0 Å². The average molecular weight is 377 g/mol. The van der Waals surface area contributed by atoms with Crippen molar-refractivity contribution in [1.29, 1.82) is 0 Å². The van der Waals surface area contributed by atoms with E-state index in [-0.39, 0.29) is 5.00 Å². The van der Waals surface area contributed by atoms with Crippen LogP contribution in [0.15, 0.2) is 45.4 Å². The SMILES string of the molecule is O=[N+]([O-])c1cc(CSc2nnc([C@H]3COc4ccccc4O3)o2)cs1. The highest BCUT2D eigenvalue weighted by molar-refractivity contribution is 7.98. The van der Waals surface area contributed by atoms with E-state index in [0.717, 1.165) is 16.9 Å². The van der Waals surface area contributed by atoms with Gasteiger partial charge in [0, 0.05) is 17.2 Å². The molecule has 25 heavy (non-hydrogen) atoms. The average Bonchev–Trinajstić information content (AvgIpc) is 3.29. The van der Waals surface area contributed by atoms with Crippen molar-refractivity contribution < 1.29 is 18.8 Å². The summed E-state index contributed by atoms with van der Waals surface area (Å²) >= 11 is 2.42.